The van der Waals surface area contributed by atoms with Crippen molar-refractivity contribution in [1.29, 1.82) is 0 Å². The Bertz CT molecular complexity index is 1250. The van der Waals surface area contributed by atoms with Crippen LogP contribution in [0, 0.1) is 0 Å². The summed E-state index contributed by atoms with van der Waals surface area (Å²) in [6.07, 6.45) is -3.71. The van der Waals surface area contributed by atoms with Crippen LogP contribution in [0.15, 0.2) is 53.4 Å². The lowest BCUT2D eigenvalue weighted by molar-refractivity contribution is -0.145. The first-order valence-corrected chi connectivity index (χ1v) is 11.6. The van der Waals surface area contributed by atoms with Gasteiger partial charge in [0.2, 0.25) is 0 Å². The predicted octanol–water partition coefficient (Wildman–Crippen LogP) is 4.86. The molecule has 0 saturated heterocycles. The molecular formula is C21H18ClF3N2O4S. The van der Waals surface area contributed by atoms with Gasteiger partial charge in [-0.1, -0.05) is 48.0 Å². The quantitative estimate of drug-likeness (QED) is 0.465. The van der Waals surface area contributed by atoms with Gasteiger partial charge in [0, 0.05) is 11.8 Å². The number of aromatic nitrogens is 2. The van der Waals surface area contributed by atoms with E-state index in [2.05, 4.69) is 5.10 Å². The first-order valence-electron chi connectivity index (χ1n) is 9.32. The summed E-state index contributed by atoms with van der Waals surface area (Å²) in [5, 5.41) is 2.86. The third kappa shape index (κ3) is 5.13. The number of rotatable bonds is 6. The molecule has 6 nitrogen and oxygen atoms in total. The number of esters is 1. The Labute approximate surface area is 187 Å². The lowest BCUT2D eigenvalue weighted by Crippen LogP contribution is -2.16. The highest BCUT2D eigenvalue weighted by molar-refractivity contribution is 7.90. The zero-order chi connectivity index (χ0) is 23.7. The number of hydrogen-bond donors (Lipinski definition) is 0. The van der Waals surface area contributed by atoms with Crippen LogP contribution in [0.4, 0.5) is 13.2 Å². The van der Waals surface area contributed by atoms with Crippen molar-refractivity contribution in [2.75, 3.05) is 12.9 Å². The maximum Gasteiger partial charge on any atom is 0.436 e. The fourth-order valence-corrected chi connectivity index (χ4v) is 4.09. The van der Waals surface area contributed by atoms with E-state index in [9.17, 15) is 26.4 Å². The number of nitrogens with zero attached hydrogens (tertiary/aromatic N) is 2. The standard InChI is InChI=1S/C21H18ClF3N2O4S/c1-3-31-17(28)12-27-19(18(22)20(26-27)21(23,24)25)14-9-7-13(8-10-14)15-5-4-6-16(11-15)32(2,29)30/h4-11H,3,12H2,1-2H3. The second-order valence-corrected chi connectivity index (χ2v) is 9.24. The van der Waals surface area contributed by atoms with Crippen molar-refractivity contribution in [3.05, 3.63) is 59.2 Å². The van der Waals surface area contributed by atoms with Crippen molar-refractivity contribution in [3.63, 3.8) is 0 Å². The van der Waals surface area contributed by atoms with Gasteiger partial charge in [-0.2, -0.15) is 18.3 Å². The van der Waals surface area contributed by atoms with Gasteiger partial charge in [0.05, 0.1) is 22.2 Å². The molecule has 0 aliphatic heterocycles. The van der Waals surface area contributed by atoms with Gasteiger partial charge in [-0.25, -0.2) is 8.42 Å². The van der Waals surface area contributed by atoms with Gasteiger partial charge in [0.25, 0.3) is 0 Å². The fraction of sp³-hybridized carbons (Fsp3) is 0.238. The van der Waals surface area contributed by atoms with E-state index < -0.39 is 39.2 Å². The van der Waals surface area contributed by atoms with Gasteiger partial charge >= 0.3 is 12.1 Å². The summed E-state index contributed by atoms with van der Waals surface area (Å²) < 4.78 is 69.3. The molecule has 1 aromatic heterocycles. The van der Waals surface area contributed by atoms with Crippen LogP contribution in [0.25, 0.3) is 22.4 Å². The Morgan fingerprint density at radius 3 is 2.28 bits per heavy atom. The summed E-state index contributed by atoms with van der Waals surface area (Å²) in [6.45, 7) is 1.10. The van der Waals surface area contributed by atoms with Gasteiger partial charge in [-0.05, 0) is 30.2 Å². The van der Waals surface area contributed by atoms with E-state index in [0.717, 1.165) is 10.9 Å². The maximum absolute atomic E-state index is 13.3. The minimum atomic E-state index is -4.81. The number of alkyl halides is 3. The van der Waals surface area contributed by atoms with Crippen LogP contribution in [0.1, 0.15) is 12.6 Å². The maximum atomic E-state index is 13.3. The molecule has 0 aliphatic rings. The number of hydrogen-bond acceptors (Lipinski definition) is 5. The van der Waals surface area contributed by atoms with E-state index in [4.69, 9.17) is 16.3 Å². The summed E-state index contributed by atoms with van der Waals surface area (Å²) in [5.41, 5.74) is 0.168. The molecule has 32 heavy (non-hydrogen) atoms. The molecule has 3 aromatic rings. The molecule has 0 bridgehead atoms. The van der Waals surface area contributed by atoms with Crippen LogP contribution < -0.4 is 0 Å². The second-order valence-electron chi connectivity index (χ2n) is 6.85. The van der Waals surface area contributed by atoms with E-state index in [1.807, 2.05) is 0 Å². The van der Waals surface area contributed by atoms with Crippen molar-refractivity contribution in [3.8, 4) is 22.4 Å². The Balaban J connectivity index is 2.05. The van der Waals surface area contributed by atoms with Crippen LogP contribution >= 0.6 is 11.6 Å². The van der Waals surface area contributed by atoms with Gasteiger partial charge in [-0.15, -0.1) is 0 Å². The third-order valence-corrected chi connectivity index (χ3v) is 5.97. The first kappa shape index (κ1) is 23.8. The number of carbonyl (C=O) groups excluding carboxylic acids is 1. The molecule has 2 aromatic carbocycles. The lowest BCUT2D eigenvalue weighted by atomic mass is 10.0. The van der Waals surface area contributed by atoms with Gasteiger partial charge in [0.15, 0.2) is 15.5 Å². The van der Waals surface area contributed by atoms with E-state index in [-0.39, 0.29) is 17.2 Å². The predicted molar refractivity (Wildman–Crippen MR) is 113 cm³/mol. The van der Waals surface area contributed by atoms with E-state index in [1.165, 1.54) is 24.3 Å². The van der Waals surface area contributed by atoms with Crippen LogP contribution in [-0.2, 0) is 32.1 Å². The second kappa shape index (κ2) is 8.95. The Kier molecular flexibility index (Phi) is 6.66. The summed E-state index contributed by atoms with van der Waals surface area (Å²) in [6, 6.07) is 12.6. The van der Waals surface area contributed by atoms with Crippen LogP contribution in [0.2, 0.25) is 5.02 Å². The van der Waals surface area contributed by atoms with E-state index in [0.29, 0.717) is 16.7 Å². The van der Waals surface area contributed by atoms with Gasteiger partial charge in [-0.3, -0.25) is 9.48 Å². The van der Waals surface area contributed by atoms with Crippen LogP contribution in [0.3, 0.4) is 0 Å². The molecule has 0 N–H and O–H groups in total. The molecule has 1 heterocycles. The molecule has 0 aliphatic carbocycles. The first-order chi connectivity index (χ1) is 14.9. The fourth-order valence-electron chi connectivity index (χ4n) is 3.07. The van der Waals surface area contributed by atoms with Gasteiger partial charge < -0.3 is 4.74 Å². The van der Waals surface area contributed by atoms with Crippen molar-refractivity contribution in [2.45, 2.75) is 24.5 Å². The zero-order valence-electron chi connectivity index (χ0n) is 17.0. The largest absolute Gasteiger partial charge is 0.465 e. The minimum absolute atomic E-state index is 0.0660. The zero-order valence-corrected chi connectivity index (χ0v) is 18.6. The average molecular weight is 487 g/mol. The highest BCUT2D eigenvalue weighted by atomic mass is 35.5. The number of benzene rings is 2. The van der Waals surface area contributed by atoms with Crippen molar-refractivity contribution >= 4 is 27.4 Å². The third-order valence-electron chi connectivity index (χ3n) is 4.50. The topological polar surface area (TPSA) is 78.3 Å². The molecule has 3 rings (SSSR count). The molecule has 0 atom stereocenters. The normalized spacial score (nSPS) is 12.1. The SMILES string of the molecule is CCOC(=O)Cn1nc(C(F)(F)F)c(Cl)c1-c1ccc(-c2cccc(S(C)(=O)=O)c2)cc1. The summed E-state index contributed by atoms with van der Waals surface area (Å²) in [7, 11) is -3.40. The monoisotopic (exact) mass is 486 g/mol. The molecule has 0 saturated carbocycles. The summed E-state index contributed by atoms with van der Waals surface area (Å²) >= 11 is 6.01. The molecule has 0 spiro atoms. The summed E-state index contributed by atoms with van der Waals surface area (Å²) in [5.74, 6) is -0.754. The molecule has 0 fully saturated rings. The van der Waals surface area contributed by atoms with Crippen molar-refractivity contribution < 1.29 is 31.1 Å². The van der Waals surface area contributed by atoms with Crippen molar-refractivity contribution in [2.24, 2.45) is 0 Å². The van der Waals surface area contributed by atoms with Gasteiger partial charge in [0.1, 0.15) is 6.54 Å². The Morgan fingerprint density at radius 1 is 1.09 bits per heavy atom. The van der Waals surface area contributed by atoms with Crippen LogP contribution in [-0.4, -0.2) is 37.0 Å². The molecule has 0 radical (unpaired) electrons. The number of sulfone groups is 1. The highest BCUT2D eigenvalue weighted by Gasteiger charge is 2.39. The smallest absolute Gasteiger partial charge is 0.436 e. The minimum Gasteiger partial charge on any atom is -0.465 e. The molecule has 170 valence electrons. The summed E-state index contributed by atoms with van der Waals surface area (Å²) in [4.78, 5) is 12.0. The number of carbonyl (C=O) groups is 1. The van der Waals surface area contributed by atoms with Crippen LogP contribution in [0.5, 0.6) is 0 Å². The molecule has 0 amide bonds. The number of halogens is 4. The lowest BCUT2D eigenvalue weighted by Gasteiger charge is -2.09. The molecule has 0 unspecified atom stereocenters. The highest BCUT2D eigenvalue weighted by Crippen LogP contribution is 2.40. The van der Waals surface area contributed by atoms with Crippen molar-refractivity contribution in [1.82, 2.24) is 9.78 Å². The number of ether oxygens (including phenoxy) is 1. The average Bonchev–Trinajstić information content (AvgIpc) is 3.04. The Hall–Kier alpha value is -2.85. The van der Waals surface area contributed by atoms with E-state index >= 15 is 0 Å². The molecule has 11 heteroatoms. The Morgan fingerprint density at radius 2 is 1.72 bits per heavy atom. The molecular weight excluding hydrogens is 469 g/mol. The van der Waals surface area contributed by atoms with E-state index in [1.54, 1.807) is 31.2 Å².